The van der Waals surface area contributed by atoms with Gasteiger partial charge in [0, 0.05) is 0 Å². The van der Waals surface area contributed by atoms with Gasteiger partial charge in [0.25, 0.3) is 0 Å². The van der Waals surface area contributed by atoms with Gasteiger partial charge in [-0.25, -0.2) is 4.79 Å². The van der Waals surface area contributed by atoms with Gasteiger partial charge < -0.3 is 14.9 Å². The Labute approximate surface area is 123 Å². The third-order valence-electron chi connectivity index (χ3n) is 2.96. The van der Waals surface area contributed by atoms with Crippen LogP contribution in [0.4, 0.5) is 0 Å². The standard InChI is InChI=1S/C17H17NO3/c1-3-20-17(19)15(16(18)14-10-7-11-21-14)12(2)13-8-5-4-6-9-13/h4-11H,2-3,18H2,1H3/b16-15+. The van der Waals surface area contributed by atoms with Gasteiger partial charge >= 0.3 is 5.97 Å². The fourth-order valence-electron chi connectivity index (χ4n) is 1.94. The Morgan fingerprint density at radius 3 is 2.52 bits per heavy atom. The summed E-state index contributed by atoms with van der Waals surface area (Å²) in [4.78, 5) is 12.2. The van der Waals surface area contributed by atoms with Crippen molar-refractivity contribution in [3.8, 4) is 0 Å². The highest BCUT2D eigenvalue weighted by atomic mass is 16.5. The highest BCUT2D eigenvalue weighted by molar-refractivity contribution is 6.11. The molecule has 0 saturated heterocycles. The van der Waals surface area contributed by atoms with Crippen LogP contribution in [-0.2, 0) is 9.53 Å². The summed E-state index contributed by atoms with van der Waals surface area (Å²) in [5.74, 6) is -0.101. The number of esters is 1. The van der Waals surface area contributed by atoms with E-state index in [0.29, 0.717) is 11.3 Å². The van der Waals surface area contributed by atoms with Crippen LogP contribution < -0.4 is 5.73 Å². The summed E-state index contributed by atoms with van der Waals surface area (Å²) in [6, 6.07) is 12.7. The maximum absolute atomic E-state index is 12.2. The van der Waals surface area contributed by atoms with Crippen LogP contribution in [0.25, 0.3) is 11.3 Å². The van der Waals surface area contributed by atoms with Gasteiger partial charge in [0.05, 0.1) is 24.1 Å². The zero-order valence-corrected chi connectivity index (χ0v) is 11.8. The van der Waals surface area contributed by atoms with E-state index in [0.717, 1.165) is 5.56 Å². The molecule has 0 fully saturated rings. The number of hydrogen-bond donors (Lipinski definition) is 1. The quantitative estimate of drug-likeness (QED) is 0.520. The van der Waals surface area contributed by atoms with Crippen LogP contribution in [0, 0.1) is 0 Å². The highest BCUT2D eigenvalue weighted by Gasteiger charge is 2.21. The second-order valence-electron chi connectivity index (χ2n) is 4.33. The van der Waals surface area contributed by atoms with Gasteiger partial charge in [-0.1, -0.05) is 36.9 Å². The first-order chi connectivity index (χ1) is 10.1. The van der Waals surface area contributed by atoms with E-state index >= 15 is 0 Å². The average molecular weight is 283 g/mol. The molecule has 0 atom stereocenters. The number of carbonyl (C=O) groups excluding carboxylic acids is 1. The molecule has 2 N–H and O–H groups in total. The zero-order valence-electron chi connectivity index (χ0n) is 11.8. The molecule has 0 amide bonds. The van der Waals surface area contributed by atoms with Crippen molar-refractivity contribution in [2.45, 2.75) is 6.92 Å². The average Bonchev–Trinajstić information content (AvgIpc) is 3.02. The van der Waals surface area contributed by atoms with E-state index in [9.17, 15) is 4.79 Å². The fourth-order valence-corrected chi connectivity index (χ4v) is 1.94. The highest BCUT2D eigenvalue weighted by Crippen LogP contribution is 2.27. The molecule has 1 aromatic carbocycles. The first-order valence-corrected chi connectivity index (χ1v) is 6.60. The van der Waals surface area contributed by atoms with Crippen LogP contribution in [0.15, 0.2) is 65.3 Å². The first kappa shape index (κ1) is 14.7. The number of carbonyl (C=O) groups is 1. The lowest BCUT2D eigenvalue weighted by atomic mass is 9.97. The van der Waals surface area contributed by atoms with E-state index in [-0.39, 0.29) is 17.9 Å². The number of ether oxygens (including phenoxy) is 1. The topological polar surface area (TPSA) is 65.5 Å². The lowest BCUT2D eigenvalue weighted by Gasteiger charge is -2.13. The van der Waals surface area contributed by atoms with E-state index in [2.05, 4.69) is 6.58 Å². The van der Waals surface area contributed by atoms with E-state index in [1.54, 1.807) is 19.1 Å². The normalized spacial score (nSPS) is 11.7. The molecule has 0 aliphatic heterocycles. The predicted molar refractivity (Wildman–Crippen MR) is 81.9 cm³/mol. The molecule has 4 nitrogen and oxygen atoms in total. The third-order valence-corrected chi connectivity index (χ3v) is 2.96. The van der Waals surface area contributed by atoms with Crippen molar-refractivity contribution in [1.82, 2.24) is 0 Å². The zero-order chi connectivity index (χ0) is 15.2. The first-order valence-electron chi connectivity index (χ1n) is 6.60. The van der Waals surface area contributed by atoms with Crippen molar-refractivity contribution in [2.75, 3.05) is 6.61 Å². The van der Waals surface area contributed by atoms with Gasteiger partial charge in [-0.05, 0) is 30.2 Å². The molecular weight excluding hydrogens is 266 g/mol. The van der Waals surface area contributed by atoms with Crippen LogP contribution in [0.2, 0.25) is 0 Å². The van der Waals surface area contributed by atoms with Gasteiger partial charge in [0.2, 0.25) is 0 Å². The molecule has 0 radical (unpaired) electrons. The van der Waals surface area contributed by atoms with Crippen LogP contribution in [0.1, 0.15) is 18.2 Å². The summed E-state index contributed by atoms with van der Waals surface area (Å²) >= 11 is 0. The molecule has 1 heterocycles. The summed E-state index contributed by atoms with van der Waals surface area (Å²) in [5.41, 5.74) is 7.82. The van der Waals surface area contributed by atoms with Crippen LogP contribution in [-0.4, -0.2) is 12.6 Å². The number of hydrogen-bond acceptors (Lipinski definition) is 4. The molecule has 0 saturated carbocycles. The second-order valence-corrected chi connectivity index (χ2v) is 4.33. The smallest absolute Gasteiger partial charge is 0.340 e. The van der Waals surface area contributed by atoms with Crippen LogP contribution >= 0.6 is 0 Å². The van der Waals surface area contributed by atoms with Crippen molar-refractivity contribution in [3.63, 3.8) is 0 Å². The minimum Gasteiger partial charge on any atom is -0.463 e. The SMILES string of the molecule is C=C(/C(C(=O)OCC)=C(\N)c1ccco1)c1ccccc1. The molecule has 2 rings (SSSR count). The van der Waals surface area contributed by atoms with Gasteiger partial charge in [0.1, 0.15) is 5.76 Å². The Morgan fingerprint density at radius 1 is 1.24 bits per heavy atom. The van der Waals surface area contributed by atoms with Crippen molar-refractivity contribution >= 4 is 17.2 Å². The van der Waals surface area contributed by atoms with E-state index < -0.39 is 5.97 Å². The molecular formula is C17H17NO3. The molecule has 1 aromatic heterocycles. The van der Waals surface area contributed by atoms with Crippen molar-refractivity contribution in [3.05, 3.63) is 72.2 Å². The number of benzene rings is 1. The Morgan fingerprint density at radius 2 is 1.95 bits per heavy atom. The summed E-state index contributed by atoms with van der Waals surface area (Å²) < 4.78 is 10.3. The number of furan rings is 1. The second kappa shape index (κ2) is 6.61. The molecule has 2 aromatic rings. The van der Waals surface area contributed by atoms with E-state index in [4.69, 9.17) is 14.9 Å². The molecule has 0 unspecified atom stereocenters. The molecule has 0 aliphatic carbocycles. The van der Waals surface area contributed by atoms with Crippen molar-refractivity contribution in [2.24, 2.45) is 5.73 Å². The largest absolute Gasteiger partial charge is 0.463 e. The van der Waals surface area contributed by atoms with Gasteiger partial charge in [-0.15, -0.1) is 0 Å². The van der Waals surface area contributed by atoms with Crippen LogP contribution in [0.3, 0.4) is 0 Å². The molecule has 0 aliphatic rings. The monoisotopic (exact) mass is 283 g/mol. The molecule has 0 bridgehead atoms. The molecule has 4 heteroatoms. The lowest BCUT2D eigenvalue weighted by molar-refractivity contribution is -0.137. The van der Waals surface area contributed by atoms with Crippen molar-refractivity contribution in [1.29, 1.82) is 0 Å². The van der Waals surface area contributed by atoms with Gasteiger partial charge in [-0.2, -0.15) is 0 Å². The minimum atomic E-state index is -0.514. The number of nitrogens with two attached hydrogens (primary N) is 1. The maximum atomic E-state index is 12.2. The Hall–Kier alpha value is -2.75. The molecule has 21 heavy (non-hydrogen) atoms. The summed E-state index contributed by atoms with van der Waals surface area (Å²) in [6.07, 6.45) is 1.50. The summed E-state index contributed by atoms with van der Waals surface area (Å²) in [7, 11) is 0. The van der Waals surface area contributed by atoms with Crippen LogP contribution in [0.5, 0.6) is 0 Å². The Bertz CT molecular complexity index is 655. The summed E-state index contributed by atoms with van der Waals surface area (Å²) in [5, 5.41) is 0. The number of rotatable bonds is 5. The van der Waals surface area contributed by atoms with Crippen molar-refractivity contribution < 1.29 is 13.9 Å². The van der Waals surface area contributed by atoms with E-state index in [1.807, 2.05) is 30.3 Å². The van der Waals surface area contributed by atoms with E-state index in [1.165, 1.54) is 6.26 Å². The van der Waals surface area contributed by atoms with Gasteiger partial charge in [-0.3, -0.25) is 0 Å². The Balaban J connectivity index is 2.49. The third kappa shape index (κ3) is 3.23. The minimum absolute atomic E-state index is 0.215. The Kier molecular flexibility index (Phi) is 4.61. The summed E-state index contributed by atoms with van der Waals surface area (Å²) in [6.45, 7) is 5.98. The maximum Gasteiger partial charge on any atom is 0.340 e. The van der Waals surface area contributed by atoms with Gasteiger partial charge in [0.15, 0.2) is 0 Å². The fraction of sp³-hybridized carbons (Fsp3) is 0.118. The predicted octanol–water partition coefficient (Wildman–Crippen LogP) is 3.23. The molecule has 0 spiro atoms. The molecule has 108 valence electrons. The lowest BCUT2D eigenvalue weighted by Crippen LogP contribution is -2.14.